The van der Waals surface area contributed by atoms with Crippen molar-refractivity contribution in [2.24, 2.45) is 0 Å². The molecule has 4 nitrogen and oxygen atoms in total. The summed E-state index contributed by atoms with van der Waals surface area (Å²) in [6, 6.07) is 23.2. The normalized spacial score (nSPS) is 16.0. The molecule has 3 aromatic carbocycles. The van der Waals surface area contributed by atoms with E-state index in [1.54, 1.807) is 29.3 Å². The van der Waals surface area contributed by atoms with E-state index in [0.717, 1.165) is 22.2 Å². The van der Waals surface area contributed by atoms with Crippen molar-refractivity contribution in [3.8, 4) is 0 Å². The van der Waals surface area contributed by atoms with Gasteiger partial charge in [0.05, 0.1) is 11.1 Å². The molecule has 0 spiro atoms. The molecule has 136 valence electrons. The fourth-order valence-electron chi connectivity index (χ4n) is 3.69. The largest absolute Gasteiger partial charge is 0.360 e. The van der Waals surface area contributed by atoms with Crippen molar-refractivity contribution < 1.29 is 9.18 Å². The molecule has 4 aromatic rings. The number of nitrogens with one attached hydrogen (secondary N) is 1. The lowest BCUT2D eigenvalue weighted by Crippen LogP contribution is -2.43. The predicted octanol–water partition coefficient (Wildman–Crippen LogP) is 5.15. The van der Waals surface area contributed by atoms with Crippen LogP contribution in [-0.4, -0.2) is 10.9 Å². The minimum atomic E-state index is -0.466. The molecule has 1 atom stereocenters. The van der Waals surface area contributed by atoms with Gasteiger partial charge in [0.15, 0.2) is 0 Å². The third kappa shape index (κ3) is 2.60. The second-order valence-electron chi connectivity index (χ2n) is 6.67. The topological polar surface area (TPSA) is 45.2 Å². The Morgan fingerprint density at radius 2 is 1.68 bits per heavy atom. The number of nitrogens with zero attached hydrogens (tertiary/aromatic N) is 2. The lowest BCUT2D eigenvalue weighted by atomic mass is 10.0. The van der Waals surface area contributed by atoms with Crippen LogP contribution in [0.1, 0.15) is 22.1 Å². The molecule has 0 radical (unpaired) electrons. The number of amides is 1. The number of hydrogen-bond acceptors (Lipinski definition) is 3. The molecule has 0 saturated carbocycles. The van der Waals surface area contributed by atoms with Crippen molar-refractivity contribution in [1.82, 2.24) is 4.98 Å². The van der Waals surface area contributed by atoms with Crippen LogP contribution in [0.25, 0.3) is 10.9 Å². The number of halogens is 1. The number of rotatable bonds is 2. The van der Waals surface area contributed by atoms with E-state index in [2.05, 4.69) is 10.3 Å². The van der Waals surface area contributed by atoms with Crippen LogP contribution in [0.5, 0.6) is 0 Å². The number of aromatic nitrogens is 1. The van der Waals surface area contributed by atoms with E-state index >= 15 is 0 Å². The maximum atomic E-state index is 13.5. The van der Waals surface area contributed by atoms with E-state index in [1.165, 1.54) is 12.1 Å². The van der Waals surface area contributed by atoms with E-state index in [4.69, 9.17) is 0 Å². The number of fused-ring (bicyclic) bond motifs is 2. The molecule has 1 amide bonds. The highest BCUT2D eigenvalue weighted by Crippen LogP contribution is 2.38. The summed E-state index contributed by atoms with van der Waals surface area (Å²) < 4.78 is 13.5. The molecule has 28 heavy (non-hydrogen) atoms. The van der Waals surface area contributed by atoms with Crippen LogP contribution in [0.3, 0.4) is 0 Å². The van der Waals surface area contributed by atoms with Gasteiger partial charge in [-0.25, -0.2) is 4.39 Å². The average molecular weight is 369 g/mol. The smallest absolute Gasteiger partial charge is 0.262 e. The van der Waals surface area contributed by atoms with Crippen LogP contribution in [0.2, 0.25) is 0 Å². The summed E-state index contributed by atoms with van der Waals surface area (Å²) in [7, 11) is 0. The van der Waals surface area contributed by atoms with E-state index in [9.17, 15) is 9.18 Å². The fourth-order valence-corrected chi connectivity index (χ4v) is 3.69. The summed E-state index contributed by atoms with van der Waals surface area (Å²) >= 11 is 0. The molecule has 1 N–H and O–H groups in total. The number of benzene rings is 3. The molecule has 0 saturated heterocycles. The minimum Gasteiger partial charge on any atom is -0.360 e. The molecule has 0 unspecified atom stereocenters. The van der Waals surface area contributed by atoms with Crippen LogP contribution in [-0.2, 0) is 0 Å². The zero-order valence-corrected chi connectivity index (χ0v) is 14.8. The van der Waals surface area contributed by atoms with Crippen molar-refractivity contribution in [3.05, 3.63) is 102 Å². The highest BCUT2D eigenvalue weighted by Gasteiger charge is 2.35. The molecule has 5 rings (SSSR count). The fraction of sp³-hybridized carbons (Fsp3) is 0.0435. The van der Waals surface area contributed by atoms with E-state index < -0.39 is 6.17 Å². The third-order valence-corrected chi connectivity index (χ3v) is 4.99. The maximum absolute atomic E-state index is 13.5. The summed E-state index contributed by atoms with van der Waals surface area (Å²) in [4.78, 5) is 19.6. The predicted molar refractivity (Wildman–Crippen MR) is 108 cm³/mol. The Labute approximate surface area is 161 Å². The van der Waals surface area contributed by atoms with Crippen LogP contribution >= 0.6 is 0 Å². The first kappa shape index (κ1) is 16.4. The van der Waals surface area contributed by atoms with E-state index in [1.807, 2.05) is 48.5 Å². The second-order valence-corrected chi connectivity index (χ2v) is 6.67. The average Bonchev–Trinajstić information content (AvgIpc) is 2.74. The summed E-state index contributed by atoms with van der Waals surface area (Å²) in [6.45, 7) is 0. The molecule has 0 fully saturated rings. The van der Waals surface area contributed by atoms with E-state index in [0.29, 0.717) is 11.3 Å². The molecule has 0 aliphatic carbocycles. The molecule has 0 bridgehead atoms. The number of carbonyl (C=O) groups excluding carboxylic acids is 1. The summed E-state index contributed by atoms with van der Waals surface area (Å²) in [5, 5.41) is 4.46. The number of pyridine rings is 1. The molecule has 1 aliphatic rings. The molecule has 5 heteroatoms. The molecule has 2 heterocycles. The lowest BCUT2D eigenvalue weighted by molar-refractivity contribution is 0.0975. The van der Waals surface area contributed by atoms with Crippen LogP contribution in [0.4, 0.5) is 15.8 Å². The van der Waals surface area contributed by atoms with Gasteiger partial charge in [0, 0.05) is 28.5 Å². The van der Waals surface area contributed by atoms with Crippen molar-refractivity contribution in [3.63, 3.8) is 0 Å². The summed E-state index contributed by atoms with van der Waals surface area (Å²) in [6.07, 6.45) is 1.28. The molecule has 1 aliphatic heterocycles. The van der Waals surface area contributed by atoms with Gasteiger partial charge in [-0.1, -0.05) is 36.4 Å². The van der Waals surface area contributed by atoms with Crippen molar-refractivity contribution in [2.45, 2.75) is 6.17 Å². The third-order valence-electron chi connectivity index (χ3n) is 4.99. The number of anilines is 2. The van der Waals surface area contributed by atoms with Gasteiger partial charge in [-0.3, -0.25) is 14.7 Å². The maximum Gasteiger partial charge on any atom is 0.262 e. The van der Waals surface area contributed by atoms with E-state index in [-0.39, 0.29) is 11.7 Å². The van der Waals surface area contributed by atoms with Gasteiger partial charge in [-0.15, -0.1) is 0 Å². The highest BCUT2D eigenvalue weighted by molar-refractivity contribution is 6.12. The van der Waals surface area contributed by atoms with Crippen molar-refractivity contribution >= 4 is 28.2 Å². The lowest BCUT2D eigenvalue weighted by Gasteiger charge is -2.38. The van der Waals surface area contributed by atoms with Crippen molar-refractivity contribution in [2.75, 3.05) is 10.2 Å². The molecular formula is C23H16FN3O. The Morgan fingerprint density at radius 3 is 2.54 bits per heavy atom. The van der Waals surface area contributed by atoms with Gasteiger partial charge in [0.2, 0.25) is 0 Å². The van der Waals surface area contributed by atoms with Gasteiger partial charge in [0.25, 0.3) is 5.91 Å². The number of hydrogen-bond donors (Lipinski definition) is 1. The monoisotopic (exact) mass is 369 g/mol. The minimum absolute atomic E-state index is 0.140. The Morgan fingerprint density at radius 1 is 0.893 bits per heavy atom. The summed E-state index contributed by atoms with van der Waals surface area (Å²) in [5.74, 6) is -0.483. The first-order valence-electron chi connectivity index (χ1n) is 9.01. The number of carbonyl (C=O) groups is 1. The van der Waals surface area contributed by atoms with Gasteiger partial charge < -0.3 is 5.32 Å². The molecular weight excluding hydrogens is 353 g/mol. The standard InChI is InChI=1S/C23H16FN3O/c24-16-10-12-17(13-11-16)27-22(26-20-9-2-1-7-18(20)23(27)28)19-8-3-5-15-6-4-14-25-21(15)19/h1-14,22,26H/t22-/m1/s1. The van der Waals surface area contributed by atoms with Crippen LogP contribution < -0.4 is 10.2 Å². The zero-order chi connectivity index (χ0) is 19.1. The van der Waals surface area contributed by atoms with Gasteiger partial charge in [-0.2, -0.15) is 0 Å². The second kappa shape index (κ2) is 6.46. The SMILES string of the molecule is O=C1c2ccccc2N[C@@H](c2cccc3cccnc23)N1c1ccc(F)cc1. The zero-order valence-electron chi connectivity index (χ0n) is 14.8. The van der Waals surface area contributed by atoms with Crippen molar-refractivity contribution in [1.29, 1.82) is 0 Å². The first-order valence-corrected chi connectivity index (χ1v) is 9.01. The van der Waals surface area contributed by atoms with Gasteiger partial charge in [-0.05, 0) is 42.5 Å². The first-order chi connectivity index (χ1) is 13.7. The van der Waals surface area contributed by atoms with Crippen LogP contribution in [0, 0.1) is 5.82 Å². The van der Waals surface area contributed by atoms with Gasteiger partial charge >= 0.3 is 0 Å². The Hall–Kier alpha value is -3.73. The highest BCUT2D eigenvalue weighted by atomic mass is 19.1. The Kier molecular flexibility index (Phi) is 3.79. The Bertz CT molecular complexity index is 1180. The quantitative estimate of drug-likeness (QED) is 0.532. The Balaban J connectivity index is 1.73. The van der Waals surface area contributed by atoms with Crippen LogP contribution in [0.15, 0.2) is 85.1 Å². The summed E-state index contributed by atoms with van der Waals surface area (Å²) in [5.41, 5.74) is 3.67. The number of para-hydroxylation sites is 2. The molecule has 1 aromatic heterocycles. The van der Waals surface area contributed by atoms with Gasteiger partial charge in [0.1, 0.15) is 12.0 Å².